The predicted octanol–water partition coefficient (Wildman–Crippen LogP) is 3.93. The van der Waals surface area contributed by atoms with Crippen LogP contribution in [0.15, 0.2) is 47.9 Å². The highest BCUT2D eigenvalue weighted by atomic mass is 32.1. The van der Waals surface area contributed by atoms with Crippen molar-refractivity contribution in [3.05, 3.63) is 58.3 Å². The quantitative estimate of drug-likeness (QED) is 0.797. The molecule has 0 atom stereocenters. The van der Waals surface area contributed by atoms with Crippen molar-refractivity contribution in [2.75, 3.05) is 11.6 Å². The fourth-order valence-corrected chi connectivity index (χ4v) is 4.21. The molecule has 0 saturated carbocycles. The highest BCUT2D eigenvalue weighted by Gasteiger charge is 2.42. The zero-order valence-electron chi connectivity index (χ0n) is 12.7. The molecule has 4 rings (SSSR count). The number of nitrogens with zero attached hydrogens (tertiary/aromatic N) is 2. The molecular formula is C18H18N2OS. The van der Waals surface area contributed by atoms with Crippen LogP contribution in [-0.4, -0.2) is 23.0 Å². The summed E-state index contributed by atoms with van der Waals surface area (Å²) in [6, 6.07) is 12.6. The van der Waals surface area contributed by atoms with Crippen LogP contribution in [0.25, 0.3) is 5.57 Å². The Kier molecular flexibility index (Phi) is 2.91. The van der Waals surface area contributed by atoms with E-state index in [0.717, 1.165) is 12.2 Å². The van der Waals surface area contributed by atoms with E-state index in [4.69, 9.17) is 0 Å². The van der Waals surface area contributed by atoms with Gasteiger partial charge in [-0.1, -0.05) is 24.3 Å². The summed E-state index contributed by atoms with van der Waals surface area (Å²) in [6.45, 7) is 4.98. The maximum Gasteiger partial charge on any atom is 0.243 e. The van der Waals surface area contributed by atoms with Crippen LogP contribution < -0.4 is 5.01 Å². The SMILES string of the molecule is CC1(C)C=C(c2cccs2)c2ccccc2N2CCC(=O)N21. The van der Waals surface area contributed by atoms with Gasteiger partial charge in [-0.3, -0.25) is 9.80 Å². The van der Waals surface area contributed by atoms with Crippen LogP contribution >= 0.6 is 11.3 Å². The van der Waals surface area contributed by atoms with Crippen molar-refractivity contribution >= 4 is 28.5 Å². The molecule has 0 radical (unpaired) electrons. The first-order chi connectivity index (χ1) is 10.6. The molecule has 1 saturated heterocycles. The number of carbonyl (C=O) groups is 1. The molecule has 112 valence electrons. The summed E-state index contributed by atoms with van der Waals surface area (Å²) in [5, 5.41) is 6.17. The minimum absolute atomic E-state index is 0.198. The van der Waals surface area contributed by atoms with E-state index in [2.05, 4.69) is 60.6 Å². The molecule has 1 aromatic heterocycles. The van der Waals surface area contributed by atoms with Crippen molar-refractivity contribution in [2.24, 2.45) is 0 Å². The lowest BCUT2D eigenvalue weighted by Crippen LogP contribution is -2.51. The standard InChI is InChI=1S/C18H18N2OS/c1-18(2)12-14(16-8-5-11-22-16)13-6-3-4-7-15(13)19-10-9-17(21)20(18)19/h3-8,11-12H,9-10H2,1-2H3. The summed E-state index contributed by atoms with van der Waals surface area (Å²) in [5.74, 6) is 0.198. The highest BCUT2D eigenvalue weighted by Crippen LogP contribution is 2.42. The van der Waals surface area contributed by atoms with Gasteiger partial charge in [-0.15, -0.1) is 11.3 Å². The summed E-state index contributed by atoms with van der Waals surface area (Å²) in [7, 11) is 0. The molecule has 4 heteroatoms. The maximum absolute atomic E-state index is 12.4. The molecule has 2 aliphatic heterocycles. The predicted molar refractivity (Wildman–Crippen MR) is 90.7 cm³/mol. The first-order valence-electron chi connectivity index (χ1n) is 7.54. The zero-order valence-corrected chi connectivity index (χ0v) is 13.6. The lowest BCUT2D eigenvalue weighted by molar-refractivity contribution is -0.131. The van der Waals surface area contributed by atoms with E-state index < -0.39 is 0 Å². The normalized spacial score (nSPS) is 19.5. The largest absolute Gasteiger partial charge is 0.281 e. The number of anilines is 1. The van der Waals surface area contributed by atoms with E-state index in [1.165, 1.54) is 16.0 Å². The van der Waals surface area contributed by atoms with Crippen LogP contribution in [0.3, 0.4) is 0 Å². The van der Waals surface area contributed by atoms with Gasteiger partial charge in [0.15, 0.2) is 0 Å². The number of hydrogen-bond donors (Lipinski definition) is 0. The second-order valence-electron chi connectivity index (χ2n) is 6.28. The smallest absolute Gasteiger partial charge is 0.243 e. The van der Waals surface area contributed by atoms with E-state index in [1.54, 1.807) is 11.3 Å². The first-order valence-corrected chi connectivity index (χ1v) is 8.42. The second kappa shape index (κ2) is 4.71. The van der Waals surface area contributed by atoms with Crippen LogP contribution in [0.1, 0.15) is 30.7 Å². The van der Waals surface area contributed by atoms with Crippen molar-refractivity contribution in [1.29, 1.82) is 0 Å². The number of para-hydroxylation sites is 1. The van der Waals surface area contributed by atoms with E-state index in [0.29, 0.717) is 6.42 Å². The Labute approximate surface area is 134 Å². The number of hydrazine groups is 1. The average molecular weight is 310 g/mol. The number of rotatable bonds is 1. The van der Waals surface area contributed by atoms with Crippen LogP contribution in [0.4, 0.5) is 5.69 Å². The van der Waals surface area contributed by atoms with Gasteiger partial charge in [0.1, 0.15) is 0 Å². The fraction of sp³-hybridized carbons (Fsp3) is 0.278. The van der Waals surface area contributed by atoms with Gasteiger partial charge in [-0.05, 0) is 43.0 Å². The molecule has 2 aromatic rings. The number of fused-ring (bicyclic) bond motifs is 3. The Morgan fingerprint density at radius 1 is 1.14 bits per heavy atom. The van der Waals surface area contributed by atoms with Gasteiger partial charge >= 0.3 is 0 Å². The third-order valence-electron chi connectivity index (χ3n) is 4.32. The van der Waals surface area contributed by atoms with Gasteiger partial charge in [-0.2, -0.15) is 0 Å². The summed E-state index contributed by atoms with van der Waals surface area (Å²) >= 11 is 1.74. The Morgan fingerprint density at radius 3 is 2.73 bits per heavy atom. The molecule has 1 fully saturated rings. The Hall–Kier alpha value is -2.07. The third kappa shape index (κ3) is 1.91. The molecule has 3 nitrogen and oxygen atoms in total. The minimum atomic E-state index is -0.341. The van der Waals surface area contributed by atoms with Gasteiger partial charge in [0, 0.05) is 23.4 Å². The summed E-state index contributed by atoms with van der Waals surface area (Å²) in [6.07, 6.45) is 2.82. The molecule has 0 aliphatic carbocycles. The molecule has 0 spiro atoms. The minimum Gasteiger partial charge on any atom is -0.281 e. The van der Waals surface area contributed by atoms with Gasteiger partial charge in [-0.25, -0.2) is 5.01 Å². The summed E-state index contributed by atoms with van der Waals surface area (Å²) < 4.78 is 0. The Balaban J connectivity index is 1.99. The number of benzene rings is 1. The molecule has 0 N–H and O–H groups in total. The van der Waals surface area contributed by atoms with Crippen molar-refractivity contribution in [3.63, 3.8) is 0 Å². The van der Waals surface area contributed by atoms with Crippen molar-refractivity contribution in [2.45, 2.75) is 25.8 Å². The van der Waals surface area contributed by atoms with Gasteiger partial charge in [0.25, 0.3) is 0 Å². The number of carbonyl (C=O) groups excluding carboxylic acids is 1. The second-order valence-corrected chi connectivity index (χ2v) is 7.23. The molecule has 2 aliphatic rings. The topological polar surface area (TPSA) is 23.6 Å². The van der Waals surface area contributed by atoms with Crippen LogP contribution in [0.2, 0.25) is 0 Å². The van der Waals surface area contributed by atoms with Crippen LogP contribution in [0, 0.1) is 0 Å². The molecule has 0 bridgehead atoms. The monoisotopic (exact) mass is 310 g/mol. The Bertz CT molecular complexity index is 761. The zero-order chi connectivity index (χ0) is 15.3. The molecular weight excluding hydrogens is 292 g/mol. The average Bonchev–Trinajstić information content (AvgIpc) is 3.12. The Morgan fingerprint density at radius 2 is 1.95 bits per heavy atom. The van der Waals surface area contributed by atoms with Gasteiger partial charge in [0.2, 0.25) is 5.91 Å². The first kappa shape index (κ1) is 13.6. The third-order valence-corrected chi connectivity index (χ3v) is 5.22. The van der Waals surface area contributed by atoms with E-state index in [9.17, 15) is 4.79 Å². The molecule has 3 heterocycles. The maximum atomic E-state index is 12.4. The van der Waals surface area contributed by atoms with Gasteiger partial charge in [0.05, 0.1) is 11.2 Å². The fourth-order valence-electron chi connectivity index (χ4n) is 3.46. The van der Waals surface area contributed by atoms with Crippen LogP contribution in [0.5, 0.6) is 0 Å². The van der Waals surface area contributed by atoms with E-state index >= 15 is 0 Å². The molecule has 22 heavy (non-hydrogen) atoms. The number of amides is 1. The molecule has 0 unspecified atom stereocenters. The lowest BCUT2D eigenvalue weighted by Gasteiger charge is -2.39. The van der Waals surface area contributed by atoms with Crippen LogP contribution in [-0.2, 0) is 4.79 Å². The lowest BCUT2D eigenvalue weighted by atomic mass is 9.95. The van der Waals surface area contributed by atoms with E-state index in [1.807, 2.05) is 11.1 Å². The summed E-state index contributed by atoms with van der Waals surface area (Å²) in [5.41, 5.74) is 3.21. The number of hydrogen-bond acceptors (Lipinski definition) is 3. The summed E-state index contributed by atoms with van der Waals surface area (Å²) in [4.78, 5) is 13.7. The van der Waals surface area contributed by atoms with Crippen molar-refractivity contribution in [1.82, 2.24) is 5.01 Å². The van der Waals surface area contributed by atoms with Crippen molar-refractivity contribution < 1.29 is 4.79 Å². The van der Waals surface area contributed by atoms with Gasteiger partial charge < -0.3 is 0 Å². The molecule has 1 aromatic carbocycles. The van der Waals surface area contributed by atoms with E-state index in [-0.39, 0.29) is 11.4 Å². The molecule has 1 amide bonds. The van der Waals surface area contributed by atoms with Crippen molar-refractivity contribution in [3.8, 4) is 0 Å². The highest BCUT2D eigenvalue weighted by molar-refractivity contribution is 7.11. The number of thiophene rings is 1.